The Bertz CT molecular complexity index is 476. The number of carbonyl (C=O) groups excluding carboxylic acids is 1. The normalized spacial score (nSPS) is 16.0. The molecule has 1 aromatic carbocycles. The van der Waals surface area contributed by atoms with E-state index in [1.54, 1.807) is 0 Å². The second-order valence-electron chi connectivity index (χ2n) is 5.72. The van der Waals surface area contributed by atoms with E-state index >= 15 is 0 Å². The van der Waals surface area contributed by atoms with Gasteiger partial charge in [0.15, 0.2) is 0 Å². The van der Waals surface area contributed by atoms with Crippen molar-refractivity contribution in [2.75, 3.05) is 24.6 Å². The molecule has 0 spiro atoms. The molecule has 1 heterocycles. The van der Waals surface area contributed by atoms with Gasteiger partial charge in [-0.3, -0.25) is 4.79 Å². The molecule has 5 nitrogen and oxygen atoms in total. The maximum Gasteiger partial charge on any atom is 0.234 e. The molecule has 116 valence electrons. The zero-order valence-corrected chi connectivity index (χ0v) is 12.8. The Morgan fingerprint density at radius 1 is 1.43 bits per heavy atom. The average molecular weight is 291 g/mol. The number of para-hydroxylation sites is 2. The molecule has 0 bridgehead atoms. The zero-order valence-electron chi connectivity index (χ0n) is 12.8. The number of hydrogen-bond donors (Lipinski definition) is 2. The van der Waals surface area contributed by atoms with Gasteiger partial charge in [0.1, 0.15) is 5.75 Å². The van der Waals surface area contributed by atoms with Crippen molar-refractivity contribution < 1.29 is 9.53 Å². The molecule has 1 atom stereocenters. The third kappa shape index (κ3) is 4.36. The number of amides is 1. The molecule has 2 rings (SSSR count). The molecule has 0 saturated carbocycles. The summed E-state index contributed by atoms with van der Waals surface area (Å²) in [6.07, 6.45) is 1.68. The Morgan fingerprint density at radius 2 is 2.19 bits per heavy atom. The summed E-state index contributed by atoms with van der Waals surface area (Å²) in [7, 11) is 0. The van der Waals surface area contributed by atoms with Gasteiger partial charge in [0, 0.05) is 19.1 Å². The first-order valence-corrected chi connectivity index (χ1v) is 7.60. The van der Waals surface area contributed by atoms with Crippen LogP contribution in [-0.2, 0) is 4.79 Å². The number of carbonyl (C=O) groups is 1. The molecule has 1 amide bonds. The molecule has 0 saturated heterocycles. The van der Waals surface area contributed by atoms with E-state index in [9.17, 15) is 4.79 Å². The molecule has 0 fully saturated rings. The number of benzene rings is 1. The van der Waals surface area contributed by atoms with Gasteiger partial charge in [0.25, 0.3) is 0 Å². The van der Waals surface area contributed by atoms with E-state index in [-0.39, 0.29) is 18.0 Å². The molecule has 3 N–H and O–H groups in total. The van der Waals surface area contributed by atoms with Crippen LogP contribution in [0, 0.1) is 0 Å². The Hall–Kier alpha value is -1.75. The van der Waals surface area contributed by atoms with Crippen LogP contribution in [0.1, 0.15) is 26.7 Å². The summed E-state index contributed by atoms with van der Waals surface area (Å²) in [5, 5.41) is 3.23. The van der Waals surface area contributed by atoms with Crippen molar-refractivity contribution in [2.45, 2.75) is 38.8 Å². The van der Waals surface area contributed by atoms with Crippen LogP contribution in [0.4, 0.5) is 5.69 Å². The number of nitrogens with one attached hydrogen (secondary N) is 1. The van der Waals surface area contributed by atoms with Crippen LogP contribution in [0.5, 0.6) is 5.75 Å². The van der Waals surface area contributed by atoms with Gasteiger partial charge in [-0.25, -0.2) is 0 Å². The predicted molar refractivity (Wildman–Crippen MR) is 84.6 cm³/mol. The van der Waals surface area contributed by atoms with Crippen LogP contribution < -0.4 is 20.7 Å². The highest BCUT2D eigenvalue weighted by Gasteiger charge is 2.20. The third-order valence-corrected chi connectivity index (χ3v) is 3.60. The standard InChI is InChI=1S/C16H25N3O2/c1-12(2)18-13(16(17)20)8-10-19-9-5-11-21-15-7-4-3-6-14(15)19/h3-4,6-7,12-13,18H,5,8-11H2,1-2H3,(H2,17,20). The molecule has 5 heteroatoms. The number of rotatable bonds is 6. The molecule has 1 unspecified atom stereocenters. The zero-order chi connectivity index (χ0) is 15.2. The summed E-state index contributed by atoms with van der Waals surface area (Å²) in [6, 6.07) is 8.00. The second-order valence-corrected chi connectivity index (χ2v) is 5.72. The van der Waals surface area contributed by atoms with Crippen LogP contribution in [0.2, 0.25) is 0 Å². The number of nitrogens with two attached hydrogens (primary N) is 1. The van der Waals surface area contributed by atoms with Gasteiger partial charge in [0.05, 0.1) is 18.3 Å². The van der Waals surface area contributed by atoms with Gasteiger partial charge in [-0.15, -0.1) is 0 Å². The fourth-order valence-corrected chi connectivity index (χ4v) is 2.63. The highest BCUT2D eigenvalue weighted by molar-refractivity contribution is 5.80. The Balaban J connectivity index is 2.03. The molecule has 1 aliphatic heterocycles. The van der Waals surface area contributed by atoms with Crippen molar-refractivity contribution in [2.24, 2.45) is 5.73 Å². The third-order valence-electron chi connectivity index (χ3n) is 3.60. The van der Waals surface area contributed by atoms with Crippen molar-refractivity contribution in [3.05, 3.63) is 24.3 Å². The van der Waals surface area contributed by atoms with E-state index in [0.29, 0.717) is 6.42 Å². The average Bonchev–Trinajstić information content (AvgIpc) is 2.65. The van der Waals surface area contributed by atoms with Gasteiger partial charge in [-0.05, 0) is 25.0 Å². The van der Waals surface area contributed by atoms with Gasteiger partial charge in [-0.2, -0.15) is 0 Å². The first-order valence-electron chi connectivity index (χ1n) is 7.60. The number of ether oxygens (including phenoxy) is 1. The quantitative estimate of drug-likeness (QED) is 0.834. The number of hydrogen-bond acceptors (Lipinski definition) is 4. The van der Waals surface area contributed by atoms with Crippen LogP contribution in [0.25, 0.3) is 0 Å². The minimum absolute atomic E-state index is 0.238. The maximum atomic E-state index is 11.5. The largest absolute Gasteiger partial charge is 0.491 e. The highest BCUT2D eigenvalue weighted by Crippen LogP contribution is 2.30. The molecule has 0 aromatic heterocycles. The molecular formula is C16H25N3O2. The van der Waals surface area contributed by atoms with E-state index in [2.05, 4.69) is 16.3 Å². The predicted octanol–water partition coefficient (Wildman–Crippen LogP) is 1.52. The fraction of sp³-hybridized carbons (Fsp3) is 0.562. The number of primary amides is 1. The molecule has 21 heavy (non-hydrogen) atoms. The van der Waals surface area contributed by atoms with Crippen LogP contribution in [-0.4, -0.2) is 37.7 Å². The lowest BCUT2D eigenvalue weighted by molar-refractivity contribution is -0.120. The molecule has 0 radical (unpaired) electrons. The van der Waals surface area contributed by atoms with Gasteiger partial charge >= 0.3 is 0 Å². The smallest absolute Gasteiger partial charge is 0.234 e. The lowest BCUT2D eigenvalue weighted by Gasteiger charge is -2.26. The second kappa shape index (κ2) is 7.31. The molecule has 1 aliphatic rings. The summed E-state index contributed by atoms with van der Waals surface area (Å²) in [5.74, 6) is 0.630. The lowest BCUT2D eigenvalue weighted by Crippen LogP contribution is -2.46. The topological polar surface area (TPSA) is 67.6 Å². The Kier molecular flexibility index (Phi) is 5.44. The van der Waals surface area contributed by atoms with Crippen molar-refractivity contribution in [3.63, 3.8) is 0 Å². The first-order chi connectivity index (χ1) is 10.1. The SMILES string of the molecule is CC(C)NC(CCN1CCCOc2ccccc21)C(N)=O. The number of nitrogens with zero attached hydrogens (tertiary/aromatic N) is 1. The monoisotopic (exact) mass is 291 g/mol. The lowest BCUT2D eigenvalue weighted by atomic mass is 10.1. The minimum Gasteiger partial charge on any atom is -0.491 e. The number of fused-ring (bicyclic) bond motifs is 1. The van der Waals surface area contributed by atoms with E-state index < -0.39 is 0 Å². The van der Waals surface area contributed by atoms with Gasteiger partial charge < -0.3 is 20.7 Å². The van der Waals surface area contributed by atoms with E-state index in [4.69, 9.17) is 10.5 Å². The van der Waals surface area contributed by atoms with Crippen LogP contribution in [0.15, 0.2) is 24.3 Å². The number of anilines is 1. The van der Waals surface area contributed by atoms with E-state index in [1.807, 2.05) is 32.0 Å². The van der Waals surface area contributed by atoms with Crippen molar-refractivity contribution >= 4 is 11.6 Å². The molecule has 0 aliphatic carbocycles. The molecule has 1 aromatic rings. The fourth-order valence-electron chi connectivity index (χ4n) is 2.63. The Morgan fingerprint density at radius 3 is 2.90 bits per heavy atom. The van der Waals surface area contributed by atoms with Crippen LogP contribution in [0.3, 0.4) is 0 Å². The summed E-state index contributed by atoms with van der Waals surface area (Å²) in [4.78, 5) is 13.8. The maximum absolute atomic E-state index is 11.5. The van der Waals surface area contributed by atoms with E-state index in [0.717, 1.165) is 37.6 Å². The minimum atomic E-state index is -0.290. The summed E-state index contributed by atoms with van der Waals surface area (Å²) >= 11 is 0. The van der Waals surface area contributed by atoms with Gasteiger partial charge in [-0.1, -0.05) is 26.0 Å². The highest BCUT2D eigenvalue weighted by atomic mass is 16.5. The van der Waals surface area contributed by atoms with Gasteiger partial charge in [0.2, 0.25) is 5.91 Å². The first kappa shape index (κ1) is 15.6. The molecular weight excluding hydrogens is 266 g/mol. The Labute approximate surface area is 126 Å². The van der Waals surface area contributed by atoms with Crippen LogP contribution >= 0.6 is 0 Å². The van der Waals surface area contributed by atoms with Crippen molar-refractivity contribution in [1.29, 1.82) is 0 Å². The van der Waals surface area contributed by atoms with Crippen molar-refractivity contribution in [3.8, 4) is 5.75 Å². The summed E-state index contributed by atoms with van der Waals surface area (Å²) in [5.41, 5.74) is 6.58. The summed E-state index contributed by atoms with van der Waals surface area (Å²) in [6.45, 7) is 6.49. The van der Waals surface area contributed by atoms with Crippen molar-refractivity contribution in [1.82, 2.24) is 5.32 Å². The van der Waals surface area contributed by atoms with E-state index in [1.165, 1.54) is 0 Å². The summed E-state index contributed by atoms with van der Waals surface area (Å²) < 4.78 is 5.75.